The van der Waals surface area contributed by atoms with Gasteiger partial charge in [0.05, 0.1) is 0 Å². The molecule has 1 fully saturated rings. The fraction of sp³-hybridized carbons (Fsp3) is 0.733. The van der Waals surface area contributed by atoms with E-state index in [1.807, 2.05) is 6.92 Å². The minimum Gasteiger partial charge on any atom is -0.396 e. The second-order valence-corrected chi connectivity index (χ2v) is 5.69. The van der Waals surface area contributed by atoms with Crippen LogP contribution in [0.4, 0.5) is 11.6 Å². The molecule has 1 atom stereocenters. The van der Waals surface area contributed by atoms with E-state index >= 15 is 0 Å². The highest BCUT2D eigenvalue weighted by atomic mass is 16.3. The van der Waals surface area contributed by atoms with Crippen molar-refractivity contribution in [2.45, 2.75) is 58.4 Å². The highest BCUT2D eigenvalue weighted by Crippen LogP contribution is 2.30. The van der Waals surface area contributed by atoms with Crippen molar-refractivity contribution in [3.8, 4) is 0 Å². The first-order valence-corrected chi connectivity index (χ1v) is 7.92. The fourth-order valence-electron chi connectivity index (χ4n) is 3.03. The van der Waals surface area contributed by atoms with Crippen LogP contribution >= 0.6 is 0 Å². The molecule has 0 aliphatic carbocycles. The zero-order valence-corrected chi connectivity index (χ0v) is 13.1. The summed E-state index contributed by atoms with van der Waals surface area (Å²) in [6.45, 7) is 5.33. The molecule has 0 saturated carbocycles. The minimum atomic E-state index is 0.217. The molecule has 0 spiro atoms. The zero-order chi connectivity index (χ0) is 15.2. The molecule has 6 nitrogen and oxygen atoms in total. The summed E-state index contributed by atoms with van der Waals surface area (Å²) in [6, 6.07) is 0.359. The molecule has 4 N–H and O–H groups in total. The molecule has 118 valence electrons. The second-order valence-electron chi connectivity index (χ2n) is 5.69. The minimum absolute atomic E-state index is 0.217. The topological polar surface area (TPSA) is 87.3 Å². The number of anilines is 2. The van der Waals surface area contributed by atoms with Crippen molar-refractivity contribution in [2.24, 2.45) is 5.84 Å². The lowest BCUT2D eigenvalue weighted by Gasteiger charge is -2.37. The number of aliphatic hydroxyl groups is 1. The first-order chi connectivity index (χ1) is 10.2. The number of rotatable bonds is 6. The van der Waals surface area contributed by atoms with Crippen molar-refractivity contribution >= 4 is 11.6 Å². The quantitative estimate of drug-likeness (QED) is 0.547. The van der Waals surface area contributed by atoms with Crippen LogP contribution in [0.3, 0.4) is 0 Å². The van der Waals surface area contributed by atoms with Crippen molar-refractivity contribution in [3.63, 3.8) is 0 Å². The second kappa shape index (κ2) is 7.56. The molecular formula is C15H27N5O. The summed E-state index contributed by atoms with van der Waals surface area (Å²) in [4.78, 5) is 11.6. The van der Waals surface area contributed by atoms with E-state index in [1.54, 1.807) is 0 Å². The molecule has 1 aromatic rings. The van der Waals surface area contributed by atoms with E-state index in [2.05, 4.69) is 22.2 Å². The standard InChI is InChI=1S/C15H27N5O/c1-3-6-13-17-14(19-16)11(2)15(18-13)20-9-5-4-7-12(20)8-10-21/h12,21H,3-10,16H2,1-2H3,(H,17,18,19). The number of nitrogens with two attached hydrogens (primary N) is 1. The third kappa shape index (κ3) is 3.63. The number of hydrogen-bond acceptors (Lipinski definition) is 6. The molecule has 21 heavy (non-hydrogen) atoms. The Morgan fingerprint density at radius 3 is 2.86 bits per heavy atom. The van der Waals surface area contributed by atoms with E-state index in [-0.39, 0.29) is 6.61 Å². The molecule has 0 amide bonds. The maximum absolute atomic E-state index is 9.30. The lowest BCUT2D eigenvalue weighted by atomic mass is 9.99. The molecule has 1 aromatic heterocycles. The number of nitrogens with zero attached hydrogens (tertiary/aromatic N) is 3. The molecule has 0 bridgehead atoms. The van der Waals surface area contributed by atoms with Gasteiger partial charge in [0.25, 0.3) is 0 Å². The van der Waals surface area contributed by atoms with E-state index in [4.69, 9.17) is 10.8 Å². The van der Waals surface area contributed by atoms with E-state index < -0.39 is 0 Å². The molecule has 1 aliphatic rings. The van der Waals surface area contributed by atoms with Gasteiger partial charge in [-0.05, 0) is 39.0 Å². The smallest absolute Gasteiger partial charge is 0.148 e. The number of hydrogen-bond donors (Lipinski definition) is 3. The number of hydrazine groups is 1. The molecule has 1 aliphatic heterocycles. The number of nitrogen functional groups attached to an aromatic ring is 1. The van der Waals surface area contributed by atoms with E-state index in [0.29, 0.717) is 11.9 Å². The van der Waals surface area contributed by atoms with Gasteiger partial charge in [-0.25, -0.2) is 15.8 Å². The number of aryl methyl sites for hydroxylation is 1. The van der Waals surface area contributed by atoms with Crippen LogP contribution in [0.25, 0.3) is 0 Å². The van der Waals surface area contributed by atoms with Crippen molar-refractivity contribution in [2.75, 3.05) is 23.5 Å². The number of nitrogens with one attached hydrogen (secondary N) is 1. The summed E-state index contributed by atoms with van der Waals surface area (Å²) < 4.78 is 0. The van der Waals surface area contributed by atoms with Crippen LogP contribution in [0, 0.1) is 6.92 Å². The molecule has 0 radical (unpaired) electrons. The van der Waals surface area contributed by atoms with E-state index in [1.165, 1.54) is 12.8 Å². The fourth-order valence-corrected chi connectivity index (χ4v) is 3.03. The Bertz CT molecular complexity index is 464. The maximum Gasteiger partial charge on any atom is 0.148 e. The van der Waals surface area contributed by atoms with Gasteiger partial charge in [0.15, 0.2) is 0 Å². The van der Waals surface area contributed by atoms with Crippen LogP contribution in [0.15, 0.2) is 0 Å². The van der Waals surface area contributed by atoms with Crippen LogP contribution in [-0.4, -0.2) is 34.3 Å². The first kappa shape index (κ1) is 16.0. The Hall–Kier alpha value is -1.40. The Kier molecular flexibility index (Phi) is 5.76. The van der Waals surface area contributed by atoms with Gasteiger partial charge in [0.1, 0.15) is 17.5 Å². The lowest BCUT2D eigenvalue weighted by molar-refractivity contribution is 0.262. The zero-order valence-electron chi connectivity index (χ0n) is 13.1. The van der Waals surface area contributed by atoms with Crippen LogP contribution in [0.1, 0.15) is 50.4 Å². The maximum atomic E-state index is 9.30. The van der Waals surface area contributed by atoms with Gasteiger partial charge in [-0.3, -0.25) is 0 Å². The summed E-state index contributed by atoms with van der Waals surface area (Å²) >= 11 is 0. The van der Waals surface area contributed by atoms with E-state index in [9.17, 15) is 5.11 Å². The highest BCUT2D eigenvalue weighted by molar-refractivity contribution is 5.59. The molecule has 0 aromatic carbocycles. The molecule has 2 rings (SSSR count). The van der Waals surface area contributed by atoms with Crippen LogP contribution in [0.5, 0.6) is 0 Å². The summed E-state index contributed by atoms with van der Waals surface area (Å²) in [5.74, 6) is 8.12. The highest BCUT2D eigenvalue weighted by Gasteiger charge is 2.26. The number of aliphatic hydroxyl groups excluding tert-OH is 1. The predicted octanol–water partition coefficient (Wildman–Crippen LogP) is 1.76. The predicted molar refractivity (Wildman–Crippen MR) is 85.3 cm³/mol. The summed E-state index contributed by atoms with van der Waals surface area (Å²) in [7, 11) is 0. The van der Waals surface area contributed by atoms with Gasteiger partial charge < -0.3 is 15.4 Å². The van der Waals surface area contributed by atoms with Crippen molar-refractivity contribution in [1.29, 1.82) is 0 Å². The summed E-state index contributed by atoms with van der Waals surface area (Å²) in [6.07, 6.45) is 6.14. The third-order valence-corrected chi connectivity index (χ3v) is 4.14. The third-order valence-electron chi connectivity index (χ3n) is 4.14. The molecular weight excluding hydrogens is 266 g/mol. The molecule has 2 heterocycles. The Labute approximate surface area is 126 Å². The van der Waals surface area contributed by atoms with Crippen LogP contribution < -0.4 is 16.2 Å². The van der Waals surface area contributed by atoms with Crippen LogP contribution in [0.2, 0.25) is 0 Å². The van der Waals surface area contributed by atoms with Gasteiger partial charge in [-0.2, -0.15) is 0 Å². The number of piperidine rings is 1. The largest absolute Gasteiger partial charge is 0.396 e. The lowest BCUT2D eigenvalue weighted by Crippen LogP contribution is -2.41. The van der Waals surface area contributed by atoms with Gasteiger partial charge >= 0.3 is 0 Å². The van der Waals surface area contributed by atoms with E-state index in [0.717, 1.165) is 49.4 Å². The Morgan fingerprint density at radius 2 is 2.19 bits per heavy atom. The monoisotopic (exact) mass is 293 g/mol. The first-order valence-electron chi connectivity index (χ1n) is 7.92. The molecule has 6 heteroatoms. The normalized spacial score (nSPS) is 18.9. The average molecular weight is 293 g/mol. The van der Waals surface area contributed by atoms with Gasteiger partial charge in [-0.1, -0.05) is 6.92 Å². The Balaban J connectivity index is 2.37. The van der Waals surface area contributed by atoms with Crippen molar-refractivity contribution < 1.29 is 5.11 Å². The summed E-state index contributed by atoms with van der Waals surface area (Å²) in [5, 5.41) is 9.30. The molecule has 1 saturated heterocycles. The number of aromatic nitrogens is 2. The Morgan fingerprint density at radius 1 is 1.38 bits per heavy atom. The van der Waals surface area contributed by atoms with Gasteiger partial charge in [0, 0.05) is 31.2 Å². The van der Waals surface area contributed by atoms with Gasteiger partial charge in [0.2, 0.25) is 0 Å². The SMILES string of the molecule is CCCc1nc(NN)c(C)c(N2CCCCC2CCO)n1. The summed E-state index contributed by atoms with van der Waals surface area (Å²) in [5.41, 5.74) is 3.68. The van der Waals surface area contributed by atoms with Crippen molar-refractivity contribution in [1.82, 2.24) is 9.97 Å². The van der Waals surface area contributed by atoms with Gasteiger partial charge in [-0.15, -0.1) is 0 Å². The average Bonchev–Trinajstić information content (AvgIpc) is 2.50. The molecule has 1 unspecified atom stereocenters. The van der Waals surface area contributed by atoms with Crippen LogP contribution in [-0.2, 0) is 6.42 Å². The van der Waals surface area contributed by atoms with Crippen molar-refractivity contribution in [3.05, 3.63) is 11.4 Å².